The Hall–Kier alpha value is -1.54. The van der Waals surface area contributed by atoms with Crippen LogP contribution >= 0.6 is 31.9 Å². The fraction of sp³-hybridized carbons (Fsp3) is 0.545. The molecule has 0 radical (unpaired) electrons. The van der Waals surface area contributed by atoms with Crippen LogP contribution in [0.3, 0.4) is 0 Å². The maximum absolute atomic E-state index is 13.1. The summed E-state index contributed by atoms with van der Waals surface area (Å²) < 4.78 is 5.35. The molecule has 6 nitrogen and oxygen atoms in total. The number of halogens is 2. The molecule has 4 rings (SSSR count). The number of Topliss-reactive ketones (excluding diaryl/α,β-unsaturated/α-hetero) is 1. The first kappa shape index (κ1) is 21.7. The first-order chi connectivity index (χ1) is 14.1. The van der Waals surface area contributed by atoms with Gasteiger partial charge in [0, 0.05) is 15.2 Å². The Kier molecular flexibility index (Phi) is 5.68. The lowest BCUT2D eigenvalue weighted by Crippen LogP contribution is -2.46. The number of aryl methyl sites for hydroxylation is 1. The average Bonchev–Trinajstić information content (AvgIpc) is 3.32. The number of amides is 2. The number of carbonyl (C=O) groups is 4. The van der Waals surface area contributed by atoms with Gasteiger partial charge in [-0.3, -0.25) is 19.3 Å². The van der Waals surface area contributed by atoms with Gasteiger partial charge < -0.3 is 4.74 Å². The Bertz CT molecular complexity index is 885. The molecule has 8 heteroatoms. The Balaban J connectivity index is 1.45. The number of nitrogens with zero attached hydrogens (tertiary/aromatic N) is 1. The molecule has 3 fully saturated rings. The predicted octanol–water partition coefficient (Wildman–Crippen LogP) is 3.28. The van der Waals surface area contributed by atoms with Crippen LogP contribution in [0.1, 0.15) is 36.2 Å². The molecule has 0 unspecified atom stereocenters. The van der Waals surface area contributed by atoms with Crippen molar-refractivity contribution in [2.75, 3.05) is 0 Å². The molecule has 1 saturated heterocycles. The molecule has 2 bridgehead atoms. The van der Waals surface area contributed by atoms with Crippen LogP contribution in [-0.4, -0.2) is 50.3 Å². The number of esters is 1. The topological polar surface area (TPSA) is 80.8 Å². The maximum atomic E-state index is 13.1. The van der Waals surface area contributed by atoms with Gasteiger partial charge in [-0.15, -0.1) is 0 Å². The molecule has 30 heavy (non-hydrogen) atoms. The highest BCUT2D eigenvalue weighted by Gasteiger charge is 2.67. The van der Waals surface area contributed by atoms with E-state index in [-0.39, 0.29) is 50.9 Å². The molecule has 2 aliphatic carbocycles. The van der Waals surface area contributed by atoms with Gasteiger partial charge in [-0.2, -0.15) is 0 Å². The SMILES string of the molecule is Cc1ccc(C(=O)[C@H](C)OC(=O)[C@H](C)N2C(=O)[C@@H]3[C@H]4C[C@@H]([C@H](Br)[C@@H]4Br)[C@@H]3C2=O)cc1. The summed E-state index contributed by atoms with van der Waals surface area (Å²) in [6.45, 7) is 4.91. The summed E-state index contributed by atoms with van der Waals surface area (Å²) in [5, 5.41) is 0. The average molecular weight is 541 g/mol. The van der Waals surface area contributed by atoms with Crippen molar-refractivity contribution in [1.29, 1.82) is 0 Å². The van der Waals surface area contributed by atoms with Crippen molar-refractivity contribution in [3.8, 4) is 0 Å². The number of ketones is 1. The van der Waals surface area contributed by atoms with Crippen LogP contribution in [-0.2, 0) is 19.1 Å². The summed E-state index contributed by atoms with van der Waals surface area (Å²) in [5.74, 6) is -2.29. The van der Waals surface area contributed by atoms with Crippen molar-refractivity contribution in [3.05, 3.63) is 35.4 Å². The van der Waals surface area contributed by atoms with Gasteiger partial charge in [-0.1, -0.05) is 61.7 Å². The van der Waals surface area contributed by atoms with E-state index in [4.69, 9.17) is 4.74 Å². The lowest BCUT2D eigenvalue weighted by Gasteiger charge is -2.28. The van der Waals surface area contributed by atoms with Crippen molar-refractivity contribution in [2.24, 2.45) is 23.7 Å². The molecule has 0 spiro atoms. The quantitative estimate of drug-likeness (QED) is 0.248. The van der Waals surface area contributed by atoms with Gasteiger partial charge in [0.2, 0.25) is 17.6 Å². The third-order valence-electron chi connectivity index (χ3n) is 6.75. The number of alkyl halides is 2. The third-order valence-corrected chi connectivity index (χ3v) is 9.95. The monoisotopic (exact) mass is 539 g/mol. The largest absolute Gasteiger partial charge is 0.453 e. The molecular formula is C22H23Br2NO5. The van der Waals surface area contributed by atoms with E-state index in [1.54, 1.807) is 12.1 Å². The van der Waals surface area contributed by atoms with Crippen LogP contribution in [0.4, 0.5) is 0 Å². The minimum atomic E-state index is -1.06. The number of rotatable bonds is 5. The Morgan fingerprint density at radius 1 is 1.00 bits per heavy atom. The smallest absolute Gasteiger partial charge is 0.329 e. The zero-order valence-electron chi connectivity index (χ0n) is 16.9. The summed E-state index contributed by atoms with van der Waals surface area (Å²) in [5.41, 5.74) is 1.46. The summed E-state index contributed by atoms with van der Waals surface area (Å²) in [6, 6.07) is 5.93. The van der Waals surface area contributed by atoms with E-state index in [1.807, 2.05) is 19.1 Å². The lowest BCUT2D eigenvalue weighted by atomic mass is 9.81. The zero-order valence-corrected chi connectivity index (χ0v) is 20.1. The van der Waals surface area contributed by atoms with Gasteiger partial charge in [-0.25, -0.2) is 4.79 Å². The predicted molar refractivity (Wildman–Crippen MR) is 116 cm³/mol. The van der Waals surface area contributed by atoms with Crippen molar-refractivity contribution in [1.82, 2.24) is 4.90 Å². The van der Waals surface area contributed by atoms with Crippen LogP contribution in [0.5, 0.6) is 0 Å². The van der Waals surface area contributed by atoms with Gasteiger partial charge in [0.25, 0.3) is 0 Å². The number of ether oxygens (including phenoxy) is 1. The minimum Gasteiger partial charge on any atom is -0.453 e. The summed E-state index contributed by atoms with van der Waals surface area (Å²) in [6.07, 6.45) is -0.182. The zero-order chi connectivity index (χ0) is 21.9. The van der Waals surface area contributed by atoms with Gasteiger partial charge in [-0.05, 0) is 39.0 Å². The van der Waals surface area contributed by atoms with E-state index in [0.717, 1.165) is 16.9 Å². The van der Waals surface area contributed by atoms with E-state index in [1.165, 1.54) is 13.8 Å². The van der Waals surface area contributed by atoms with E-state index in [9.17, 15) is 19.2 Å². The highest BCUT2D eigenvalue weighted by molar-refractivity contribution is 9.12. The van der Waals surface area contributed by atoms with Crippen molar-refractivity contribution in [3.63, 3.8) is 0 Å². The minimum absolute atomic E-state index is 0.0797. The Morgan fingerprint density at radius 3 is 2.00 bits per heavy atom. The third kappa shape index (κ3) is 3.27. The van der Waals surface area contributed by atoms with Crippen LogP contribution in [0.2, 0.25) is 0 Å². The van der Waals surface area contributed by atoms with E-state index >= 15 is 0 Å². The fourth-order valence-corrected chi connectivity index (χ4v) is 7.01. The molecule has 8 atom stereocenters. The van der Waals surface area contributed by atoms with Crippen molar-refractivity contribution >= 4 is 55.4 Å². The standard InChI is InChI=1S/C22H23Br2NO5/c1-9-4-6-12(7-5-9)19(26)11(3)30-22(29)10(2)25-20(27)15-13-8-14(16(15)21(25)28)18(24)17(13)23/h4-7,10-11,13-18H,8H2,1-3H3/t10-,11-,13+,14+,15-,16+,17-,18+/m0/s1. The fourth-order valence-electron chi connectivity index (χ4n) is 5.14. The number of hydrogen-bond acceptors (Lipinski definition) is 5. The number of imide groups is 1. The maximum Gasteiger partial charge on any atom is 0.329 e. The molecule has 0 aromatic heterocycles. The molecule has 1 aliphatic heterocycles. The number of fused-ring (bicyclic) bond motifs is 5. The molecule has 0 N–H and O–H groups in total. The number of benzene rings is 1. The second-order valence-electron chi connectivity index (χ2n) is 8.54. The number of likely N-dealkylation sites (tertiary alicyclic amines) is 1. The molecule has 3 aliphatic rings. The van der Waals surface area contributed by atoms with Gasteiger partial charge in [0.1, 0.15) is 6.04 Å². The molecule has 2 amide bonds. The van der Waals surface area contributed by atoms with E-state index in [0.29, 0.717) is 5.56 Å². The van der Waals surface area contributed by atoms with Crippen LogP contribution in [0, 0.1) is 30.6 Å². The second-order valence-corrected chi connectivity index (χ2v) is 10.7. The first-order valence-corrected chi connectivity index (χ1v) is 11.9. The second kappa shape index (κ2) is 7.86. The summed E-state index contributed by atoms with van der Waals surface area (Å²) in [7, 11) is 0. The van der Waals surface area contributed by atoms with Crippen molar-refractivity contribution < 1.29 is 23.9 Å². The molecule has 2 saturated carbocycles. The number of hydrogen-bond donors (Lipinski definition) is 0. The van der Waals surface area contributed by atoms with E-state index < -0.39 is 18.1 Å². The summed E-state index contributed by atoms with van der Waals surface area (Å²) >= 11 is 7.30. The summed E-state index contributed by atoms with van der Waals surface area (Å²) in [4.78, 5) is 52.7. The van der Waals surface area contributed by atoms with E-state index in [2.05, 4.69) is 31.9 Å². The van der Waals surface area contributed by atoms with Crippen LogP contribution < -0.4 is 0 Å². The van der Waals surface area contributed by atoms with Crippen molar-refractivity contribution in [2.45, 2.75) is 49.0 Å². The Morgan fingerprint density at radius 2 is 1.50 bits per heavy atom. The molecule has 160 valence electrons. The van der Waals surface area contributed by atoms with Gasteiger partial charge in [0.05, 0.1) is 11.8 Å². The van der Waals surface area contributed by atoms with Crippen LogP contribution in [0.15, 0.2) is 24.3 Å². The molecule has 1 heterocycles. The normalized spacial score (nSPS) is 34.1. The Labute approximate surface area is 192 Å². The lowest BCUT2D eigenvalue weighted by molar-refractivity contribution is -0.160. The highest BCUT2D eigenvalue weighted by Crippen LogP contribution is 2.60. The van der Waals surface area contributed by atoms with Gasteiger partial charge >= 0.3 is 5.97 Å². The van der Waals surface area contributed by atoms with Crippen LogP contribution in [0.25, 0.3) is 0 Å². The number of carbonyl (C=O) groups excluding carboxylic acids is 4. The highest BCUT2D eigenvalue weighted by atomic mass is 79.9. The molecule has 1 aromatic carbocycles. The molecular weight excluding hydrogens is 518 g/mol. The first-order valence-electron chi connectivity index (χ1n) is 10.1. The van der Waals surface area contributed by atoms with Gasteiger partial charge in [0.15, 0.2) is 6.10 Å². The molecule has 1 aromatic rings.